The number of aliphatic hydroxyl groups excluding tert-OH is 1. The molecule has 1 aliphatic rings. The topological polar surface area (TPSA) is 62.7 Å². The third-order valence-electron chi connectivity index (χ3n) is 6.13. The summed E-state index contributed by atoms with van der Waals surface area (Å²) < 4.78 is 5.71. The number of piperidine rings is 1. The first-order valence-electron chi connectivity index (χ1n) is 11.4. The lowest BCUT2D eigenvalue weighted by Crippen LogP contribution is -2.43. The number of likely N-dealkylation sites (tertiary alicyclic amines) is 1. The van der Waals surface area contributed by atoms with Crippen LogP contribution in [0.1, 0.15) is 52.0 Å². The highest BCUT2D eigenvalue weighted by Gasteiger charge is 2.27. The number of ether oxygens (including phenoxy) is 1. The summed E-state index contributed by atoms with van der Waals surface area (Å²) in [5.74, 6) is 2.15. The number of ketones is 1. The summed E-state index contributed by atoms with van der Waals surface area (Å²) in [5.41, 5.74) is 1.06. The molecule has 0 amide bonds. The van der Waals surface area contributed by atoms with Crippen LogP contribution in [-0.2, 0) is 11.2 Å². The Hall–Kier alpha value is -2.24. The van der Waals surface area contributed by atoms with Crippen LogP contribution in [0.25, 0.3) is 0 Å². The maximum absolute atomic E-state index is 12.5. The molecule has 1 unspecified atom stereocenters. The van der Waals surface area contributed by atoms with Gasteiger partial charge >= 0.3 is 0 Å². The standard InChI is InChI=1S/C26H36N2O3/c1-26(2,3)24(30)19-28-16-13-21(14-17-28)18-22(29)10-7-20-8-11-23(12-9-20)31-25-6-4-5-15-27-25/h4-6,8-9,11-12,15,21,24,30H,7,10,13-14,16-19H2,1-3H3. The molecule has 0 aliphatic carbocycles. The summed E-state index contributed by atoms with van der Waals surface area (Å²) in [4.78, 5) is 19.0. The van der Waals surface area contributed by atoms with Crippen LogP contribution in [0.2, 0.25) is 0 Å². The number of rotatable bonds is 9. The van der Waals surface area contributed by atoms with E-state index in [1.165, 1.54) is 0 Å². The van der Waals surface area contributed by atoms with Crippen molar-refractivity contribution in [3.05, 3.63) is 54.2 Å². The number of aryl methyl sites for hydroxylation is 1. The molecule has 0 spiro atoms. The largest absolute Gasteiger partial charge is 0.439 e. The highest BCUT2D eigenvalue weighted by Crippen LogP contribution is 2.25. The van der Waals surface area contributed by atoms with Crippen molar-refractivity contribution < 1.29 is 14.6 Å². The number of β-amino-alcohol motifs (C(OH)–C–C–N with tert-alkyl or cyclic N) is 1. The fourth-order valence-corrected chi connectivity index (χ4v) is 3.85. The minimum atomic E-state index is -0.313. The predicted octanol–water partition coefficient (Wildman–Crippen LogP) is 4.88. The Morgan fingerprint density at radius 2 is 1.87 bits per heavy atom. The lowest BCUT2D eigenvalue weighted by atomic mass is 9.87. The van der Waals surface area contributed by atoms with Gasteiger partial charge in [0.2, 0.25) is 5.88 Å². The van der Waals surface area contributed by atoms with Gasteiger partial charge in [-0.05, 0) is 67.4 Å². The van der Waals surface area contributed by atoms with Crippen LogP contribution < -0.4 is 4.74 Å². The van der Waals surface area contributed by atoms with Gasteiger partial charge < -0.3 is 14.7 Å². The number of benzene rings is 1. The van der Waals surface area contributed by atoms with E-state index in [4.69, 9.17) is 4.74 Å². The molecule has 3 rings (SSSR count). The molecule has 1 aromatic carbocycles. The molecule has 1 fully saturated rings. The third kappa shape index (κ3) is 7.75. The van der Waals surface area contributed by atoms with Crippen LogP contribution in [0.3, 0.4) is 0 Å². The number of aliphatic hydroxyl groups is 1. The van der Waals surface area contributed by atoms with Crippen LogP contribution in [0.15, 0.2) is 48.7 Å². The van der Waals surface area contributed by atoms with Gasteiger partial charge in [-0.3, -0.25) is 4.79 Å². The molecule has 2 aromatic rings. The van der Waals surface area contributed by atoms with Crippen LogP contribution in [0, 0.1) is 11.3 Å². The van der Waals surface area contributed by atoms with E-state index in [0.29, 0.717) is 30.4 Å². The van der Waals surface area contributed by atoms with E-state index in [2.05, 4.69) is 30.7 Å². The predicted molar refractivity (Wildman–Crippen MR) is 123 cm³/mol. The molecule has 5 heteroatoms. The normalized spacial score (nSPS) is 16.8. The van der Waals surface area contributed by atoms with E-state index >= 15 is 0 Å². The second kappa shape index (κ2) is 10.9. The van der Waals surface area contributed by atoms with Gasteiger partial charge in [0, 0.05) is 31.6 Å². The van der Waals surface area contributed by atoms with Crippen molar-refractivity contribution in [2.45, 2.75) is 59.0 Å². The van der Waals surface area contributed by atoms with Crippen molar-refractivity contribution in [1.82, 2.24) is 9.88 Å². The monoisotopic (exact) mass is 424 g/mol. The molecule has 1 aliphatic heterocycles. The molecular weight excluding hydrogens is 388 g/mol. The Balaban J connectivity index is 1.36. The van der Waals surface area contributed by atoms with Crippen LogP contribution in [0.5, 0.6) is 11.6 Å². The van der Waals surface area contributed by atoms with Crippen molar-refractivity contribution in [2.75, 3.05) is 19.6 Å². The van der Waals surface area contributed by atoms with E-state index in [0.717, 1.165) is 50.2 Å². The van der Waals surface area contributed by atoms with Crippen molar-refractivity contribution in [2.24, 2.45) is 11.3 Å². The van der Waals surface area contributed by atoms with Crippen molar-refractivity contribution in [1.29, 1.82) is 0 Å². The van der Waals surface area contributed by atoms with Gasteiger partial charge in [-0.15, -0.1) is 0 Å². The van der Waals surface area contributed by atoms with Gasteiger partial charge in [0.25, 0.3) is 0 Å². The fraction of sp³-hybridized carbons (Fsp3) is 0.538. The molecule has 168 valence electrons. The Labute approximate surface area is 186 Å². The van der Waals surface area contributed by atoms with Crippen LogP contribution in [-0.4, -0.2) is 46.5 Å². The van der Waals surface area contributed by atoms with E-state index in [-0.39, 0.29) is 11.5 Å². The summed E-state index contributed by atoms with van der Waals surface area (Å²) in [7, 11) is 0. The summed E-state index contributed by atoms with van der Waals surface area (Å²) in [5, 5.41) is 10.3. The molecule has 5 nitrogen and oxygen atoms in total. The quantitative estimate of drug-likeness (QED) is 0.621. The fourth-order valence-electron chi connectivity index (χ4n) is 3.85. The van der Waals surface area contributed by atoms with Gasteiger partial charge in [0.05, 0.1) is 6.10 Å². The molecule has 1 N–H and O–H groups in total. The second-order valence-corrected chi connectivity index (χ2v) is 9.78. The smallest absolute Gasteiger partial charge is 0.219 e. The molecule has 31 heavy (non-hydrogen) atoms. The van der Waals surface area contributed by atoms with Gasteiger partial charge in [0.15, 0.2) is 0 Å². The van der Waals surface area contributed by atoms with Gasteiger partial charge in [-0.2, -0.15) is 0 Å². The van der Waals surface area contributed by atoms with Crippen LogP contribution >= 0.6 is 0 Å². The Bertz CT molecular complexity index is 807. The van der Waals surface area contributed by atoms with Gasteiger partial charge in [-0.25, -0.2) is 4.98 Å². The maximum atomic E-state index is 12.5. The first kappa shape index (κ1) is 23.4. The molecule has 0 radical (unpaired) electrons. The first-order valence-corrected chi connectivity index (χ1v) is 11.4. The second-order valence-electron chi connectivity index (χ2n) is 9.78. The SMILES string of the molecule is CC(C)(C)C(O)CN1CCC(CC(=O)CCc2ccc(Oc3ccccn3)cc2)CC1. The molecule has 1 atom stereocenters. The number of carbonyl (C=O) groups is 1. The summed E-state index contributed by atoms with van der Waals surface area (Å²) in [6.07, 6.45) is 5.50. The van der Waals surface area contributed by atoms with Crippen LogP contribution in [0.4, 0.5) is 0 Å². The molecule has 0 bridgehead atoms. The van der Waals surface area contributed by atoms with E-state index in [1.807, 2.05) is 42.5 Å². The number of hydrogen-bond acceptors (Lipinski definition) is 5. The average molecular weight is 425 g/mol. The summed E-state index contributed by atoms with van der Waals surface area (Å²) in [6.45, 7) is 8.90. The van der Waals surface area contributed by atoms with Gasteiger partial charge in [-0.1, -0.05) is 39.0 Å². The number of carbonyl (C=O) groups excluding carboxylic acids is 1. The van der Waals surface area contributed by atoms with Crippen molar-refractivity contribution in [3.8, 4) is 11.6 Å². The first-order chi connectivity index (χ1) is 14.8. The van der Waals surface area contributed by atoms with E-state index < -0.39 is 0 Å². The Morgan fingerprint density at radius 1 is 1.16 bits per heavy atom. The number of pyridine rings is 1. The van der Waals surface area contributed by atoms with E-state index in [1.54, 1.807) is 6.20 Å². The minimum Gasteiger partial charge on any atom is -0.439 e. The Kier molecular flexibility index (Phi) is 8.22. The Morgan fingerprint density at radius 3 is 2.48 bits per heavy atom. The lowest BCUT2D eigenvalue weighted by molar-refractivity contribution is -0.120. The third-order valence-corrected chi connectivity index (χ3v) is 6.13. The number of aromatic nitrogens is 1. The molecular formula is C26H36N2O3. The van der Waals surface area contributed by atoms with E-state index in [9.17, 15) is 9.90 Å². The average Bonchev–Trinajstić information content (AvgIpc) is 2.75. The highest BCUT2D eigenvalue weighted by molar-refractivity contribution is 5.78. The minimum absolute atomic E-state index is 0.0877. The zero-order chi connectivity index (χ0) is 22.3. The van der Waals surface area contributed by atoms with Crippen molar-refractivity contribution >= 4 is 5.78 Å². The summed E-state index contributed by atoms with van der Waals surface area (Å²) >= 11 is 0. The number of hydrogen-bond donors (Lipinski definition) is 1. The summed E-state index contributed by atoms with van der Waals surface area (Å²) in [6, 6.07) is 13.5. The molecule has 2 heterocycles. The molecule has 0 saturated carbocycles. The number of nitrogens with zero attached hydrogens (tertiary/aromatic N) is 2. The molecule has 1 aromatic heterocycles. The zero-order valence-electron chi connectivity index (χ0n) is 19.1. The lowest BCUT2D eigenvalue weighted by Gasteiger charge is -2.36. The number of Topliss-reactive ketones (excluding diaryl/α,β-unsaturated/α-hetero) is 1. The molecule has 1 saturated heterocycles. The van der Waals surface area contributed by atoms with Crippen molar-refractivity contribution in [3.63, 3.8) is 0 Å². The zero-order valence-corrected chi connectivity index (χ0v) is 19.1. The maximum Gasteiger partial charge on any atom is 0.219 e. The highest BCUT2D eigenvalue weighted by atomic mass is 16.5. The van der Waals surface area contributed by atoms with Gasteiger partial charge in [0.1, 0.15) is 11.5 Å².